The summed E-state index contributed by atoms with van der Waals surface area (Å²) in [5.74, 6) is -2.07. The maximum absolute atomic E-state index is 11.8. The number of rotatable bonds is 7. The number of amides is 3. The van der Waals surface area contributed by atoms with Crippen LogP contribution in [0.1, 0.15) is 23.7 Å². The molecule has 7 nitrogen and oxygen atoms in total. The largest absolute Gasteiger partial charge is 0.368 e. The van der Waals surface area contributed by atoms with E-state index in [1.165, 1.54) is 0 Å². The molecule has 3 amide bonds. The molecule has 4 N–H and O–H groups in total. The number of primary amides is 1. The van der Waals surface area contributed by atoms with E-state index in [1.54, 1.807) is 37.3 Å². The van der Waals surface area contributed by atoms with Gasteiger partial charge in [0.2, 0.25) is 11.8 Å². The molecule has 0 unspecified atom stereocenters. The van der Waals surface area contributed by atoms with Gasteiger partial charge in [-0.05, 0) is 25.5 Å². The SMILES string of the molecule is C[C@@H](C#N)C[C@@H](NC(=O)CNC(=O)c1ccccc1)C(N)=O. The fourth-order valence-electron chi connectivity index (χ4n) is 1.75. The molecule has 0 heterocycles. The van der Waals surface area contributed by atoms with Crippen LogP contribution in [0.2, 0.25) is 0 Å². The van der Waals surface area contributed by atoms with E-state index < -0.39 is 29.7 Å². The van der Waals surface area contributed by atoms with Gasteiger partial charge in [0.25, 0.3) is 5.91 Å². The van der Waals surface area contributed by atoms with Crippen molar-refractivity contribution in [3.63, 3.8) is 0 Å². The summed E-state index contributed by atoms with van der Waals surface area (Å²) in [4.78, 5) is 34.8. The smallest absolute Gasteiger partial charge is 0.251 e. The summed E-state index contributed by atoms with van der Waals surface area (Å²) < 4.78 is 0. The molecule has 0 fully saturated rings. The van der Waals surface area contributed by atoms with Crippen molar-refractivity contribution in [2.45, 2.75) is 19.4 Å². The molecule has 0 aliphatic rings. The minimum atomic E-state index is -0.934. The highest BCUT2D eigenvalue weighted by molar-refractivity contribution is 5.97. The molecule has 1 aromatic rings. The summed E-state index contributed by atoms with van der Waals surface area (Å²) in [6.07, 6.45) is 0.129. The van der Waals surface area contributed by atoms with Crippen LogP contribution in [-0.4, -0.2) is 30.3 Å². The molecule has 0 bridgehead atoms. The zero-order valence-corrected chi connectivity index (χ0v) is 12.2. The minimum absolute atomic E-state index is 0.129. The molecule has 1 aromatic carbocycles. The lowest BCUT2D eigenvalue weighted by Gasteiger charge is -2.16. The Morgan fingerprint density at radius 3 is 2.45 bits per heavy atom. The van der Waals surface area contributed by atoms with Crippen LogP contribution in [0.5, 0.6) is 0 Å². The van der Waals surface area contributed by atoms with Crippen molar-refractivity contribution in [3.05, 3.63) is 35.9 Å². The van der Waals surface area contributed by atoms with Gasteiger partial charge in [0.15, 0.2) is 0 Å². The molecule has 7 heteroatoms. The van der Waals surface area contributed by atoms with E-state index in [4.69, 9.17) is 11.0 Å². The quantitative estimate of drug-likeness (QED) is 0.652. The van der Waals surface area contributed by atoms with Gasteiger partial charge < -0.3 is 16.4 Å². The minimum Gasteiger partial charge on any atom is -0.368 e. The van der Waals surface area contributed by atoms with E-state index in [-0.39, 0.29) is 13.0 Å². The standard InChI is InChI=1S/C15H18N4O3/c1-10(8-16)7-12(14(17)21)19-13(20)9-18-15(22)11-5-3-2-4-6-11/h2-6,10,12H,7,9H2,1H3,(H2,17,21)(H,18,22)(H,19,20)/t10-,12-/m1/s1. The molecular formula is C15H18N4O3. The molecule has 0 aliphatic carbocycles. The van der Waals surface area contributed by atoms with E-state index in [2.05, 4.69) is 10.6 Å². The summed E-state index contributed by atoms with van der Waals surface area (Å²) in [6.45, 7) is 1.34. The molecule has 116 valence electrons. The van der Waals surface area contributed by atoms with E-state index in [0.29, 0.717) is 5.56 Å². The lowest BCUT2D eigenvalue weighted by atomic mass is 10.0. The first-order chi connectivity index (χ1) is 10.4. The van der Waals surface area contributed by atoms with E-state index in [0.717, 1.165) is 0 Å². The monoisotopic (exact) mass is 302 g/mol. The number of nitrogens with two attached hydrogens (primary N) is 1. The summed E-state index contributed by atoms with van der Waals surface area (Å²) in [5, 5.41) is 13.6. The van der Waals surface area contributed by atoms with Crippen LogP contribution < -0.4 is 16.4 Å². The van der Waals surface area contributed by atoms with Crippen molar-refractivity contribution >= 4 is 17.7 Å². The Bertz CT molecular complexity index is 580. The van der Waals surface area contributed by atoms with Gasteiger partial charge in [-0.2, -0.15) is 5.26 Å². The third-order valence-corrected chi connectivity index (χ3v) is 2.93. The van der Waals surface area contributed by atoms with Crippen LogP contribution in [0.3, 0.4) is 0 Å². The average Bonchev–Trinajstić information content (AvgIpc) is 2.52. The molecule has 2 atom stereocenters. The van der Waals surface area contributed by atoms with Crippen LogP contribution in [0.15, 0.2) is 30.3 Å². The van der Waals surface area contributed by atoms with Gasteiger partial charge in [0, 0.05) is 11.5 Å². The highest BCUT2D eigenvalue weighted by atomic mass is 16.2. The summed E-state index contributed by atoms with van der Waals surface area (Å²) in [6, 6.07) is 9.46. The second-order valence-electron chi connectivity index (χ2n) is 4.84. The summed E-state index contributed by atoms with van der Waals surface area (Å²) in [5.41, 5.74) is 5.62. The van der Waals surface area contributed by atoms with E-state index in [9.17, 15) is 14.4 Å². The van der Waals surface area contributed by atoms with Gasteiger partial charge in [-0.3, -0.25) is 14.4 Å². The maximum Gasteiger partial charge on any atom is 0.251 e. The van der Waals surface area contributed by atoms with Gasteiger partial charge in [-0.1, -0.05) is 18.2 Å². The molecule has 0 aliphatic heterocycles. The van der Waals surface area contributed by atoms with Crippen LogP contribution in [0.4, 0.5) is 0 Å². The van der Waals surface area contributed by atoms with Crippen LogP contribution in [0, 0.1) is 17.2 Å². The second kappa shape index (κ2) is 8.42. The van der Waals surface area contributed by atoms with Crippen LogP contribution in [-0.2, 0) is 9.59 Å². The molecular weight excluding hydrogens is 284 g/mol. The maximum atomic E-state index is 11.8. The fourth-order valence-corrected chi connectivity index (χ4v) is 1.75. The average molecular weight is 302 g/mol. The van der Waals surface area contributed by atoms with Crippen molar-refractivity contribution in [1.82, 2.24) is 10.6 Å². The van der Waals surface area contributed by atoms with Crippen LogP contribution >= 0.6 is 0 Å². The predicted octanol–water partition coefficient (Wildman–Crippen LogP) is -0.0637. The summed E-state index contributed by atoms with van der Waals surface area (Å²) in [7, 11) is 0. The third kappa shape index (κ3) is 5.63. The molecule has 0 radical (unpaired) electrons. The molecule has 22 heavy (non-hydrogen) atoms. The van der Waals surface area contributed by atoms with Crippen molar-refractivity contribution < 1.29 is 14.4 Å². The van der Waals surface area contributed by atoms with Crippen molar-refractivity contribution in [2.75, 3.05) is 6.54 Å². The fraction of sp³-hybridized carbons (Fsp3) is 0.333. The number of benzene rings is 1. The van der Waals surface area contributed by atoms with E-state index in [1.807, 2.05) is 6.07 Å². The second-order valence-corrected chi connectivity index (χ2v) is 4.84. The Morgan fingerprint density at radius 1 is 1.27 bits per heavy atom. The Labute approximate surface area is 128 Å². The highest BCUT2D eigenvalue weighted by Gasteiger charge is 2.21. The number of carbonyl (C=O) groups is 3. The molecule has 0 saturated heterocycles. The van der Waals surface area contributed by atoms with Gasteiger partial charge in [-0.25, -0.2) is 0 Å². The Hall–Kier alpha value is -2.88. The Morgan fingerprint density at radius 2 is 1.91 bits per heavy atom. The molecule has 1 rings (SSSR count). The van der Waals surface area contributed by atoms with Gasteiger partial charge in [-0.15, -0.1) is 0 Å². The molecule has 0 saturated carbocycles. The lowest BCUT2D eigenvalue weighted by Crippen LogP contribution is -2.48. The van der Waals surface area contributed by atoms with Crippen molar-refractivity contribution in [3.8, 4) is 6.07 Å². The first kappa shape index (κ1) is 17.2. The first-order valence-electron chi connectivity index (χ1n) is 6.75. The number of nitrogens with one attached hydrogen (secondary N) is 2. The normalized spacial score (nSPS) is 12.5. The van der Waals surface area contributed by atoms with E-state index >= 15 is 0 Å². The number of nitriles is 1. The van der Waals surface area contributed by atoms with Gasteiger partial charge in [0.1, 0.15) is 6.04 Å². The van der Waals surface area contributed by atoms with Crippen molar-refractivity contribution in [2.24, 2.45) is 11.7 Å². The summed E-state index contributed by atoms with van der Waals surface area (Å²) >= 11 is 0. The van der Waals surface area contributed by atoms with Crippen molar-refractivity contribution in [1.29, 1.82) is 5.26 Å². The highest BCUT2D eigenvalue weighted by Crippen LogP contribution is 2.04. The van der Waals surface area contributed by atoms with Crippen LogP contribution in [0.25, 0.3) is 0 Å². The topological polar surface area (TPSA) is 125 Å². The number of nitrogens with zero attached hydrogens (tertiary/aromatic N) is 1. The molecule has 0 spiro atoms. The zero-order valence-electron chi connectivity index (χ0n) is 12.2. The number of carbonyl (C=O) groups excluding carboxylic acids is 3. The third-order valence-electron chi connectivity index (χ3n) is 2.93. The zero-order chi connectivity index (χ0) is 16.5. The number of hydrogen-bond donors (Lipinski definition) is 3. The Kier molecular flexibility index (Phi) is 6.57. The van der Waals surface area contributed by atoms with Gasteiger partial charge in [0.05, 0.1) is 12.6 Å². The molecule has 0 aromatic heterocycles. The lowest BCUT2D eigenvalue weighted by molar-refractivity contribution is -0.127. The predicted molar refractivity (Wildman–Crippen MR) is 79.3 cm³/mol. The first-order valence-corrected chi connectivity index (χ1v) is 6.75. The Balaban J connectivity index is 2.49. The number of hydrogen-bond acceptors (Lipinski definition) is 4. The van der Waals surface area contributed by atoms with Gasteiger partial charge >= 0.3 is 0 Å².